The summed E-state index contributed by atoms with van der Waals surface area (Å²) in [5.74, 6) is 12.3. The molecule has 2 fully saturated rings. The fraction of sp³-hybridized carbons (Fsp3) is 0.425. The number of thioether (sulfide) groups is 1. The molecule has 24 heteroatoms. The van der Waals surface area contributed by atoms with E-state index in [2.05, 4.69) is 131 Å². The Morgan fingerprint density at radius 1 is 0.351 bits per heavy atom. The first-order valence-electron chi connectivity index (χ1n) is 34.8. The fourth-order valence-corrected chi connectivity index (χ4v) is 13.4. The van der Waals surface area contributed by atoms with E-state index in [9.17, 15) is 0 Å². The molecule has 20 rings (SSSR count). The minimum absolute atomic E-state index is 0.735. The van der Waals surface area contributed by atoms with Crippen molar-refractivity contribution in [2.24, 2.45) is 11.8 Å². The standard InChI is InChI=1S/C9H12N2.C8H10N2.4C7H9N3.C7H8N2O.C7H8N2S.C7H8N2.C7H12/c1-2-6-10-9-8(4-1)5-3-7-11-9;1-2-7-6-9-5-3-8(7)10-4-1;1-2-6-3-5-9-10-7(6)8-4-1;1-2-6-4-8-5-10-7(6)9-3-1;2*1-2-6-7(9-3-1)10-5-4-8-6;2*1-2-6-7(8-3-1)9-4-5-10-6;1-2-6-3-5-9-7(6)8-4-1;1-2-7-4-3-6(1)5-7/h3,5,7H,1-2,4,6H2,(H,10,11);3,5-6,10H,1-2,4H2;3,5H,1-2,4H2,(H,8,10);4-5H,1-3H2,(H,8,9,10);4-5H,1-3H2,(H,9,10);1-3,8H,4-5H2,(H,9,10);2*1-3H,4-5H2,(H,8,9);1-2,4H,3,5H2,(H,8,9);6-7H,1-5H2. The van der Waals surface area contributed by atoms with Gasteiger partial charge in [0.25, 0.3) is 0 Å². The number of fused-ring (bicyclic) bond motifs is 11. The van der Waals surface area contributed by atoms with Gasteiger partial charge in [-0.15, -0.1) is 16.9 Å². The molecule has 23 nitrogen and oxygen atoms in total. The van der Waals surface area contributed by atoms with E-state index < -0.39 is 0 Å². The molecule has 0 aromatic carbocycles. The van der Waals surface area contributed by atoms with Gasteiger partial charge in [0.1, 0.15) is 47.8 Å². The van der Waals surface area contributed by atoms with E-state index in [1.807, 2.05) is 104 Å². The largest absolute Gasteiger partial charge is 0.488 e. The van der Waals surface area contributed by atoms with Crippen molar-refractivity contribution in [2.45, 2.75) is 114 Å². The summed E-state index contributed by atoms with van der Waals surface area (Å²) < 4.78 is 5.30. The van der Waals surface area contributed by atoms with Crippen LogP contribution in [0.5, 0.6) is 5.75 Å². The second-order valence-corrected chi connectivity index (χ2v) is 25.7. The van der Waals surface area contributed by atoms with Crippen LogP contribution < -0.4 is 57.9 Å². The summed E-state index contributed by atoms with van der Waals surface area (Å²) in [5, 5.41) is 39.9. The number of hydrogen-bond acceptors (Lipinski definition) is 24. The summed E-state index contributed by atoms with van der Waals surface area (Å²) in [6, 6.07) is 24.1. The highest BCUT2D eigenvalue weighted by Gasteiger charge is 2.30. The summed E-state index contributed by atoms with van der Waals surface area (Å²) >= 11 is 1.86. The van der Waals surface area contributed by atoms with Gasteiger partial charge in [0.05, 0.1) is 24.1 Å². The molecule has 0 amide bonds. The molecule has 0 atom stereocenters. The lowest BCUT2D eigenvalue weighted by Gasteiger charge is -2.17. The number of ether oxygens (including phenoxy) is 1. The van der Waals surface area contributed by atoms with Crippen molar-refractivity contribution >= 4 is 69.7 Å². The highest BCUT2D eigenvalue weighted by Crippen LogP contribution is 2.44. The average Bonchev–Trinajstić information content (AvgIpc) is 2.20. The first-order valence-corrected chi connectivity index (χ1v) is 35.8. The lowest BCUT2D eigenvalue weighted by Crippen LogP contribution is -2.21. The maximum Gasteiger partial charge on any atom is 0.168 e. The molecule has 0 radical (unpaired) electrons. The summed E-state index contributed by atoms with van der Waals surface area (Å²) in [6.45, 7) is 10.9. The van der Waals surface area contributed by atoms with Crippen LogP contribution in [0.2, 0.25) is 0 Å². The number of nitrogens with one attached hydrogen (secondary N) is 10. The molecule has 9 aliphatic heterocycles. The van der Waals surface area contributed by atoms with E-state index in [0.29, 0.717) is 0 Å². The quantitative estimate of drug-likeness (QED) is 0.0675. The number of pyridine rings is 6. The predicted octanol–water partition coefficient (Wildman–Crippen LogP) is 12.4. The Kier molecular flexibility index (Phi) is 27.4. The minimum atomic E-state index is 0.735. The first kappa shape index (κ1) is 68.7. The molecule has 2 aliphatic carbocycles. The molecule has 0 spiro atoms. The predicted molar refractivity (Wildman–Crippen MR) is 393 cm³/mol. The van der Waals surface area contributed by atoms with Crippen molar-refractivity contribution in [1.82, 2.24) is 60.0 Å². The van der Waals surface area contributed by atoms with Crippen molar-refractivity contribution in [3.8, 4) is 5.75 Å². The van der Waals surface area contributed by atoms with E-state index in [-0.39, 0.29) is 0 Å². The topological polar surface area (TPSA) is 284 Å². The van der Waals surface area contributed by atoms with Crippen LogP contribution in [0.1, 0.15) is 104 Å². The Morgan fingerprint density at radius 2 is 0.907 bits per heavy atom. The number of rotatable bonds is 0. The molecule has 9 aromatic heterocycles. The van der Waals surface area contributed by atoms with Crippen molar-refractivity contribution in [1.29, 1.82) is 0 Å². The molecule has 508 valence electrons. The van der Waals surface area contributed by atoms with Gasteiger partial charge in [-0.1, -0.05) is 37.8 Å². The van der Waals surface area contributed by atoms with Gasteiger partial charge in [-0.25, -0.2) is 39.9 Å². The molecular weight excluding hydrogens is 1230 g/mol. The Labute approximate surface area is 575 Å². The normalized spacial score (nSPS) is 17.8. The third-order valence-corrected chi connectivity index (χ3v) is 18.6. The number of nitrogens with zero attached hydrogens (tertiary/aromatic N) is 12. The summed E-state index contributed by atoms with van der Waals surface area (Å²) in [6.07, 6.45) is 43.4. The molecule has 11 aliphatic rings. The molecule has 97 heavy (non-hydrogen) atoms. The van der Waals surface area contributed by atoms with Gasteiger partial charge in [-0.2, -0.15) is 5.10 Å². The van der Waals surface area contributed by atoms with Crippen LogP contribution in [0.15, 0.2) is 152 Å². The number of hydrogen-bond donors (Lipinski definition) is 10. The van der Waals surface area contributed by atoms with Gasteiger partial charge in [0, 0.05) is 143 Å². The van der Waals surface area contributed by atoms with Gasteiger partial charge in [-0.3, -0.25) is 9.97 Å². The molecule has 9 aromatic rings. The van der Waals surface area contributed by atoms with Gasteiger partial charge in [0.15, 0.2) is 17.4 Å². The van der Waals surface area contributed by atoms with Gasteiger partial charge < -0.3 is 57.9 Å². The van der Waals surface area contributed by atoms with Gasteiger partial charge in [-0.05, 0) is 178 Å². The minimum Gasteiger partial charge on any atom is -0.488 e. The average molecular weight is 1330 g/mol. The zero-order valence-corrected chi connectivity index (χ0v) is 56.5. The lowest BCUT2D eigenvalue weighted by molar-refractivity contribution is 0.321. The Balaban J connectivity index is 0.000000109. The molecule has 0 saturated heterocycles. The summed E-state index contributed by atoms with van der Waals surface area (Å²) in [5.41, 5.74) is 10.1. The number of anilines is 10. The van der Waals surface area contributed by atoms with E-state index in [1.165, 1.54) is 102 Å². The van der Waals surface area contributed by atoms with Crippen LogP contribution in [0, 0.1) is 11.8 Å². The Bertz CT molecular complexity index is 3040. The van der Waals surface area contributed by atoms with Crippen LogP contribution in [-0.4, -0.2) is 138 Å². The Morgan fingerprint density at radius 3 is 1.64 bits per heavy atom. The second kappa shape index (κ2) is 38.7. The highest BCUT2D eigenvalue weighted by molar-refractivity contribution is 7.99. The van der Waals surface area contributed by atoms with Crippen LogP contribution in [0.25, 0.3) is 0 Å². The first-order chi connectivity index (χ1) is 48.1. The van der Waals surface area contributed by atoms with E-state index in [1.54, 1.807) is 69.4 Å². The van der Waals surface area contributed by atoms with Gasteiger partial charge >= 0.3 is 0 Å². The maximum atomic E-state index is 5.30. The molecule has 18 heterocycles. The van der Waals surface area contributed by atoms with E-state index >= 15 is 0 Å². The van der Waals surface area contributed by atoms with Crippen molar-refractivity contribution < 1.29 is 4.74 Å². The molecule has 10 N–H and O–H groups in total. The number of aryl methyl sites for hydroxylation is 5. The monoisotopic (exact) mass is 1330 g/mol. The molecule has 2 saturated carbocycles. The van der Waals surface area contributed by atoms with E-state index in [0.717, 1.165) is 167 Å². The SMILES string of the molecule is C1CC2CCC1C2.c1cc2c(cn1)CCCN2.c1cc2c(nn1)NCCC2.c1cnc2c(c1)CCCCN2.c1cnc2c(c1)CCN2.c1cnc2c(c1)NCCN2.c1cnc2c(c1)OCCN2.c1cnc2c(c1)SCCN2.c1cnc2c(n1)CCCN2.c1ncc2c(n1)NCCC2. The fourth-order valence-electron chi connectivity index (χ4n) is 12.6. The third-order valence-electron chi connectivity index (χ3n) is 17.6. The molecule has 2 bridgehead atoms. The lowest BCUT2D eigenvalue weighted by atomic mass is 10.0. The van der Waals surface area contributed by atoms with Crippen LogP contribution in [0.3, 0.4) is 0 Å². The van der Waals surface area contributed by atoms with Gasteiger partial charge in [0.2, 0.25) is 0 Å². The Hall–Kier alpha value is -9.71. The van der Waals surface area contributed by atoms with Crippen molar-refractivity contribution in [3.05, 3.63) is 181 Å². The van der Waals surface area contributed by atoms with Crippen molar-refractivity contribution in [3.63, 3.8) is 0 Å². The summed E-state index contributed by atoms with van der Waals surface area (Å²) in [7, 11) is 0. The van der Waals surface area contributed by atoms with Crippen LogP contribution in [-0.2, 0) is 38.5 Å². The van der Waals surface area contributed by atoms with Crippen molar-refractivity contribution in [2.75, 3.05) is 131 Å². The highest BCUT2D eigenvalue weighted by atomic mass is 32.2. The van der Waals surface area contributed by atoms with Crippen LogP contribution in [0.4, 0.5) is 57.9 Å². The van der Waals surface area contributed by atoms with E-state index in [4.69, 9.17) is 4.74 Å². The molecule has 0 unspecified atom stereocenters. The number of aromatic nitrogens is 12. The second-order valence-electron chi connectivity index (χ2n) is 24.5. The smallest absolute Gasteiger partial charge is 0.168 e. The van der Waals surface area contributed by atoms with Crippen LogP contribution >= 0.6 is 11.8 Å². The zero-order valence-electron chi connectivity index (χ0n) is 55.7. The summed E-state index contributed by atoms with van der Waals surface area (Å²) in [4.78, 5) is 42.5. The maximum absolute atomic E-state index is 5.30. The molecular formula is C73H94N22OS. The zero-order chi connectivity index (χ0) is 66.0. The third kappa shape index (κ3) is 22.2.